The maximum absolute atomic E-state index is 13.0. The molecule has 0 aromatic carbocycles. The van der Waals surface area contributed by atoms with Crippen LogP contribution >= 0.6 is 34.3 Å². The Morgan fingerprint density at radius 2 is 2.11 bits per heavy atom. The molecule has 2 amide bonds. The fourth-order valence-electron chi connectivity index (χ4n) is 3.77. The first-order valence-corrected chi connectivity index (χ1v) is 11.2. The zero-order valence-electron chi connectivity index (χ0n) is 15.5. The highest BCUT2D eigenvalue weighted by atomic mass is 35.5. The molecule has 6 nitrogen and oxygen atoms in total. The molecule has 0 radical (unpaired) electrons. The number of hydrogen-bond donors (Lipinski definition) is 2. The third-order valence-corrected chi connectivity index (χ3v) is 7.74. The normalized spacial score (nSPS) is 22.3. The lowest BCUT2D eigenvalue weighted by atomic mass is 10.1. The van der Waals surface area contributed by atoms with Gasteiger partial charge >= 0.3 is 0 Å². The Labute approximate surface area is 176 Å². The minimum absolute atomic E-state index is 0.0172. The van der Waals surface area contributed by atoms with E-state index in [0.29, 0.717) is 22.3 Å². The number of nitrogens with one attached hydrogen (secondary N) is 1. The number of aliphatic hydroxyl groups is 1. The molecule has 0 spiro atoms. The minimum Gasteiger partial charge on any atom is -0.396 e. The van der Waals surface area contributed by atoms with Gasteiger partial charge in [-0.1, -0.05) is 11.6 Å². The van der Waals surface area contributed by atoms with E-state index in [9.17, 15) is 14.7 Å². The van der Waals surface area contributed by atoms with Gasteiger partial charge in [0.15, 0.2) is 0 Å². The van der Waals surface area contributed by atoms with Gasteiger partial charge in [0.1, 0.15) is 0 Å². The number of fused-ring (bicyclic) bond motifs is 1. The number of aliphatic hydroxyl groups excluding tert-OH is 1. The van der Waals surface area contributed by atoms with Gasteiger partial charge < -0.3 is 20.2 Å². The Morgan fingerprint density at radius 3 is 2.82 bits per heavy atom. The summed E-state index contributed by atoms with van der Waals surface area (Å²) in [6, 6.07) is 5.11. The summed E-state index contributed by atoms with van der Waals surface area (Å²) in [5.41, 5.74) is 1.27. The van der Waals surface area contributed by atoms with Crippen LogP contribution in [0.5, 0.6) is 0 Å². The van der Waals surface area contributed by atoms with Crippen molar-refractivity contribution in [3.05, 3.63) is 42.7 Å². The number of thiophene rings is 2. The zero-order chi connectivity index (χ0) is 19.8. The van der Waals surface area contributed by atoms with Crippen molar-refractivity contribution in [2.45, 2.75) is 19.0 Å². The van der Waals surface area contributed by atoms with Crippen LogP contribution in [0.4, 0.5) is 0 Å². The van der Waals surface area contributed by atoms with E-state index in [0.717, 1.165) is 24.4 Å². The molecule has 28 heavy (non-hydrogen) atoms. The predicted molar refractivity (Wildman–Crippen MR) is 111 cm³/mol. The molecule has 4 heterocycles. The molecule has 4 rings (SSSR count). The van der Waals surface area contributed by atoms with Crippen LogP contribution in [0.25, 0.3) is 0 Å². The zero-order valence-corrected chi connectivity index (χ0v) is 17.9. The fourth-order valence-corrected chi connectivity index (χ4v) is 5.98. The monoisotopic (exact) mass is 439 g/mol. The average Bonchev–Trinajstić information content (AvgIpc) is 3.38. The SMILES string of the molecule is CN1CCc2cc(C(=O)N3CC(CO)C(NC(=O)c4ccc(Cl)s4)C3)sc2C1. The van der Waals surface area contributed by atoms with Gasteiger partial charge in [0.25, 0.3) is 11.8 Å². The maximum Gasteiger partial charge on any atom is 0.264 e. The Balaban J connectivity index is 1.44. The van der Waals surface area contributed by atoms with Crippen molar-refractivity contribution in [1.82, 2.24) is 15.1 Å². The lowest BCUT2D eigenvalue weighted by molar-refractivity contribution is 0.0782. The molecule has 9 heteroatoms. The number of carbonyl (C=O) groups excluding carboxylic acids is 2. The van der Waals surface area contributed by atoms with Gasteiger partial charge in [0.05, 0.1) is 20.1 Å². The Kier molecular flexibility index (Phi) is 5.76. The highest BCUT2D eigenvalue weighted by molar-refractivity contribution is 7.18. The van der Waals surface area contributed by atoms with Gasteiger partial charge in [0.2, 0.25) is 0 Å². The Bertz CT molecular complexity index is 897. The molecule has 0 bridgehead atoms. The second kappa shape index (κ2) is 8.12. The van der Waals surface area contributed by atoms with Crippen molar-refractivity contribution in [2.75, 3.05) is 33.3 Å². The number of amides is 2. The molecule has 0 aliphatic carbocycles. The van der Waals surface area contributed by atoms with Crippen molar-refractivity contribution in [3.8, 4) is 0 Å². The summed E-state index contributed by atoms with van der Waals surface area (Å²) in [6.45, 7) is 2.65. The Hall–Kier alpha value is -1.45. The van der Waals surface area contributed by atoms with E-state index < -0.39 is 0 Å². The van der Waals surface area contributed by atoms with Crippen molar-refractivity contribution in [3.63, 3.8) is 0 Å². The summed E-state index contributed by atoms with van der Waals surface area (Å²) in [5, 5.41) is 12.7. The number of halogens is 1. The lowest BCUT2D eigenvalue weighted by Gasteiger charge is -2.21. The second-order valence-electron chi connectivity index (χ2n) is 7.38. The number of likely N-dealkylation sites (tertiary alicyclic amines) is 1. The number of rotatable bonds is 4. The first-order chi connectivity index (χ1) is 13.4. The maximum atomic E-state index is 13.0. The summed E-state index contributed by atoms with van der Waals surface area (Å²) >= 11 is 8.68. The number of nitrogens with zero attached hydrogens (tertiary/aromatic N) is 2. The molecule has 2 aromatic heterocycles. The summed E-state index contributed by atoms with van der Waals surface area (Å²) in [4.78, 5) is 32.0. The third kappa shape index (κ3) is 3.97. The van der Waals surface area contributed by atoms with E-state index in [2.05, 4.69) is 17.3 Å². The van der Waals surface area contributed by atoms with Crippen molar-refractivity contribution >= 4 is 46.1 Å². The molecule has 2 unspecified atom stereocenters. The Morgan fingerprint density at radius 1 is 1.29 bits per heavy atom. The van der Waals surface area contributed by atoms with Crippen LogP contribution in [0.15, 0.2) is 18.2 Å². The average molecular weight is 440 g/mol. The molecule has 150 valence electrons. The third-order valence-electron chi connectivity index (χ3n) is 5.36. The van der Waals surface area contributed by atoms with Gasteiger partial charge in [-0.15, -0.1) is 22.7 Å². The fraction of sp³-hybridized carbons (Fsp3) is 0.474. The first-order valence-electron chi connectivity index (χ1n) is 9.21. The van der Waals surface area contributed by atoms with Gasteiger partial charge in [-0.2, -0.15) is 0 Å². The molecule has 2 aromatic rings. The van der Waals surface area contributed by atoms with Gasteiger partial charge in [-0.25, -0.2) is 0 Å². The van der Waals surface area contributed by atoms with Crippen molar-refractivity contribution < 1.29 is 14.7 Å². The number of likely N-dealkylation sites (N-methyl/N-ethyl adjacent to an activating group) is 1. The molecule has 2 aliphatic rings. The second-order valence-corrected chi connectivity index (χ2v) is 10.2. The van der Waals surface area contributed by atoms with E-state index in [1.54, 1.807) is 28.4 Å². The first kappa shape index (κ1) is 19.8. The van der Waals surface area contributed by atoms with Crippen LogP contribution in [0.3, 0.4) is 0 Å². The van der Waals surface area contributed by atoms with Crippen LogP contribution in [-0.4, -0.2) is 66.1 Å². The van der Waals surface area contributed by atoms with Crippen LogP contribution in [0, 0.1) is 5.92 Å². The van der Waals surface area contributed by atoms with Crippen LogP contribution in [0.1, 0.15) is 29.8 Å². The molecule has 0 saturated carbocycles. The number of hydrogen-bond acceptors (Lipinski definition) is 6. The quantitative estimate of drug-likeness (QED) is 0.766. The molecule has 2 atom stereocenters. The summed E-state index contributed by atoms with van der Waals surface area (Å²) in [7, 11) is 2.09. The van der Waals surface area contributed by atoms with Gasteiger partial charge in [-0.05, 0) is 37.2 Å². The molecular weight excluding hydrogens is 418 g/mol. The molecule has 2 aliphatic heterocycles. The van der Waals surface area contributed by atoms with E-state index >= 15 is 0 Å². The number of carbonyl (C=O) groups is 2. The summed E-state index contributed by atoms with van der Waals surface area (Å²) < 4.78 is 0.555. The minimum atomic E-state index is -0.275. The van der Waals surface area contributed by atoms with Gasteiger partial charge in [-0.3, -0.25) is 9.59 Å². The molecule has 2 N–H and O–H groups in total. The van der Waals surface area contributed by atoms with Crippen molar-refractivity contribution in [2.24, 2.45) is 5.92 Å². The van der Waals surface area contributed by atoms with E-state index in [1.165, 1.54) is 21.8 Å². The van der Waals surface area contributed by atoms with Crippen LogP contribution in [-0.2, 0) is 13.0 Å². The predicted octanol–water partition coefficient (Wildman–Crippen LogP) is 2.31. The molecule has 1 fully saturated rings. The van der Waals surface area contributed by atoms with E-state index in [-0.39, 0.29) is 30.4 Å². The molecular formula is C19H22ClN3O3S2. The van der Waals surface area contributed by atoms with Crippen LogP contribution in [0.2, 0.25) is 4.34 Å². The smallest absolute Gasteiger partial charge is 0.264 e. The van der Waals surface area contributed by atoms with Crippen LogP contribution < -0.4 is 5.32 Å². The highest BCUT2D eigenvalue weighted by Crippen LogP contribution is 2.30. The summed E-state index contributed by atoms with van der Waals surface area (Å²) in [5.74, 6) is -0.412. The summed E-state index contributed by atoms with van der Waals surface area (Å²) in [6.07, 6.45) is 0.969. The lowest BCUT2D eigenvalue weighted by Crippen LogP contribution is -2.41. The van der Waals surface area contributed by atoms with Crippen molar-refractivity contribution in [1.29, 1.82) is 0 Å². The molecule has 1 saturated heterocycles. The van der Waals surface area contributed by atoms with Gasteiger partial charge in [0, 0.05) is 43.6 Å². The topological polar surface area (TPSA) is 72.9 Å². The van der Waals surface area contributed by atoms with E-state index in [1.807, 2.05) is 6.07 Å². The largest absolute Gasteiger partial charge is 0.396 e. The highest BCUT2D eigenvalue weighted by Gasteiger charge is 2.37. The standard InChI is InChI=1S/C19H22ClN3O3S2/c1-22-5-4-11-6-15(27-16(11)9-22)19(26)23-7-12(10-24)13(8-23)21-18(25)14-2-3-17(20)28-14/h2-3,6,12-13,24H,4-5,7-10H2,1H3,(H,21,25). The van der Waals surface area contributed by atoms with E-state index in [4.69, 9.17) is 11.6 Å².